The summed E-state index contributed by atoms with van der Waals surface area (Å²) in [5.41, 5.74) is 0.425. The standard InChI is InChI=1S/C14H22N2O4S/c1-3-9-15-21(19,20)13-8-6-5-7-12(13)16-11(4-2)10-14(17)18/h5-8,11,15-16H,3-4,9-10H2,1-2H3,(H,17,18). The van der Waals surface area contributed by atoms with E-state index in [1.165, 1.54) is 6.07 Å². The summed E-state index contributed by atoms with van der Waals surface area (Å²) in [4.78, 5) is 11.0. The van der Waals surface area contributed by atoms with Gasteiger partial charge in [0.25, 0.3) is 0 Å². The van der Waals surface area contributed by atoms with Gasteiger partial charge < -0.3 is 10.4 Å². The molecular weight excluding hydrogens is 292 g/mol. The molecule has 3 N–H and O–H groups in total. The van der Waals surface area contributed by atoms with E-state index in [1.54, 1.807) is 18.2 Å². The fourth-order valence-corrected chi connectivity index (χ4v) is 3.17. The van der Waals surface area contributed by atoms with Crippen LogP contribution in [0.15, 0.2) is 29.2 Å². The Balaban J connectivity index is 3.01. The third-order valence-corrected chi connectivity index (χ3v) is 4.51. The molecule has 0 aliphatic heterocycles. The Morgan fingerprint density at radius 2 is 1.95 bits per heavy atom. The minimum absolute atomic E-state index is 0.0622. The Labute approximate surface area is 125 Å². The number of rotatable bonds is 9. The minimum atomic E-state index is -3.60. The number of carboxylic acid groups (broad SMARTS) is 1. The molecular formula is C14H22N2O4S. The van der Waals surface area contributed by atoms with E-state index in [0.717, 1.165) is 0 Å². The van der Waals surface area contributed by atoms with Crippen LogP contribution in [0.1, 0.15) is 33.1 Å². The fourth-order valence-electron chi connectivity index (χ4n) is 1.86. The summed E-state index contributed by atoms with van der Waals surface area (Å²) in [7, 11) is -3.60. The van der Waals surface area contributed by atoms with Crippen LogP contribution in [0.4, 0.5) is 5.69 Å². The highest BCUT2D eigenvalue weighted by Crippen LogP contribution is 2.22. The molecule has 1 unspecified atom stereocenters. The van der Waals surface area contributed by atoms with E-state index in [9.17, 15) is 13.2 Å². The summed E-state index contributed by atoms with van der Waals surface area (Å²) in [5.74, 6) is -0.918. The van der Waals surface area contributed by atoms with Gasteiger partial charge in [0.2, 0.25) is 10.0 Å². The number of aliphatic carboxylic acids is 1. The summed E-state index contributed by atoms with van der Waals surface area (Å²) < 4.78 is 27.0. The number of hydrogen-bond acceptors (Lipinski definition) is 4. The first kappa shape index (κ1) is 17.5. The molecule has 0 aromatic heterocycles. The van der Waals surface area contributed by atoms with E-state index in [4.69, 9.17) is 5.11 Å². The Morgan fingerprint density at radius 3 is 2.52 bits per heavy atom. The molecule has 0 fully saturated rings. The maximum atomic E-state index is 12.2. The number of hydrogen-bond donors (Lipinski definition) is 3. The zero-order valence-corrected chi connectivity index (χ0v) is 13.1. The van der Waals surface area contributed by atoms with Crippen molar-refractivity contribution in [2.45, 2.75) is 44.0 Å². The van der Waals surface area contributed by atoms with E-state index in [1.807, 2.05) is 13.8 Å². The highest BCUT2D eigenvalue weighted by molar-refractivity contribution is 7.89. The van der Waals surface area contributed by atoms with Gasteiger partial charge in [-0.15, -0.1) is 0 Å². The lowest BCUT2D eigenvalue weighted by Gasteiger charge is -2.19. The SMILES string of the molecule is CCCNS(=O)(=O)c1ccccc1NC(CC)CC(=O)O. The highest BCUT2D eigenvalue weighted by Gasteiger charge is 2.19. The molecule has 1 atom stereocenters. The van der Waals surface area contributed by atoms with E-state index < -0.39 is 16.0 Å². The first-order valence-corrected chi connectivity index (χ1v) is 8.46. The molecule has 1 aromatic carbocycles. The van der Waals surface area contributed by atoms with Gasteiger partial charge in [-0.25, -0.2) is 13.1 Å². The molecule has 0 radical (unpaired) electrons. The zero-order valence-electron chi connectivity index (χ0n) is 12.3. The summed E-state index contributed by atoms with van der Waals surface area (Å²) in [6.45, 7) is 4.10. The lowest BCUT2D eigenvalue weighted by atomic mass is 10.1. The Hall–Kier alpha value is -1.60. The van der Waals surface area contributed by atoms with E-state index >= 15 is 0 Å². The maximum Gasteiger partial charge on any atom is 0.305 e. The highest BCUT2D eigenvalue weighted by atomic mass is 32.2. The van der Waals surface area contributed by atoms with E-state index in [0.29, 0.717) is 25.1 Å². The average Bonchev–Trinajstić information content (AvgIpc) is 2.44. The van der Waals surface area contributed by atoms with Gasteiger partial charge in [-0.2, -0.15) is 0 Å². The quantitative estimate of drug-likeness (QED) is 0.648. The lowest BCUT2D eigenvalue weighted by molar-refractivity contribution is -0.137. The maximum absolute atomic E-state index is 12.2. The molecule has 118 valence electrons. The van der Waals surface area contributed by atoms with Crippen molar-refractivity contribution in [3.8, 4) is 0 Å². The second-order valence-corrected chi connectivity index (χ2v) is 6.48. The third-order valence-electron chi connectivity index (χ3n) is 2.99. The van der Waals surface area contributed by atoms with Crippen molar-refractivity contribution < 1.29 is 18.3 Å². The van der Waals surface area contributed by atoms with Crippen LogP contribution in [0.3, 0.4) is 0 Å². The van der Waals surface area contributed by atoms with Crippen LogP contribution in [0.2, 0.25) is 0 Å². The van der Waals surface area contributed by atoms with Crippen molar-refractivity contribution in [3.63, 3.8) is 0 Å². The van der Waals surface area contributed by atoms with Crippen molar-refractivity contribution in [2.24, 2.45) is 0 Å². The number of carboxylic acids is 1. The molecule has 0 spiro atoms. The van der Waals surface area contributed by atoms with Crippen LogP contribution in [-0.4, -0.2) is 32.1 Å². The van der Waals surface area contributed by atoms with Gasteiger partial charge in [0.1, 0.15) is 4.90 Å². The Bertz CT molecular complexity index is 572. The molecule has 0 saturated heterocycles. The second-order valence-electron chi connectivity index (χ2n) is 4.74. The zero-order chi connectivity index (χ0) is 15.9. The normalized spacial score (nSPS) is 12.9. The van der Waals surface area contributed by atoms with Crippen molar-refractivity contribution >= 4 is 21.7 Å². The molecule has 0 aliphatic carbocycles. The summed E-state index contributed by atoms with van der Waals surface area (Å²) >= 11 is 0. The topological polar surface area (TPSA) is 95.5 Å². The van der Waals surface area contributed by atoms with Crippen molar-refractivity contribution in [2.75, 3.05) is 11.9 Å². The minimum Gasteiger partial charge on any atom is -0.481 e. The number of carbonyl (C=O) groups is 1. The number of para-hydroxylation sites is 1. The van der Waals surface area contributed by atoms with Gasteiger partial charge in [-0.3, -0.25) is 4.79 Å². The molecule has 7 heteroatoms. The third kappa shape index (κ3) is 5.35. The number of benzene rings is 1. The second kappa shape index (κ2) is 7.99. The van der Waals surface area contributed by atoms with Gasteiger partial charge in [0.15, 0.2) is 0 Å². The summed E-state index contributed by atoms with van der Waals surface area (Å²) in [6, 6.07) is 6.20. The number of sulfonamides is 1. The molecule has 1 aromatic rings. The monoisotopic (exact) mass is 314 g/mol. The van der Waals surface area contributed by atoms with Gasteiger partial charge >= 0.3 is 5.97 Å². The molecule has 0 amide bonds. The molecule has 0 saturated carbocycles. The van der Waals surface area contributed by atoms with Crippen LogP contribution in [0, 0.1) is 0 Å². The summed E-state index contributed by atoms with van der Waals surface area (Å²) in [5, 5.41) is 11.9. The molecule has 1 rings (SSSR count). The van der Waals surface area contributed by atoms with Crippen LogP contribution in [0.5, 0.6) is 0 Å². The van der Waals surface area contributed by atoms with Gasteiger partial charge in [0, 0.05) is 12.6 Å². The summed E-state index contributed by atoms with van der Waals surface area (Å²) in [6.07, 6.45) is 1.22. The van der Waals surface area contributed by atoms with E-state index in [2.05, 4.69) is 10.0 Å². The van der Waals surface area contributed by atoms with Crippen LogP contribution in [0.25, 0.3) is 0 Å². The Morgan fingerprint density at radius 1 is 1.29 bits per heavy atom. The number of anilines is 1. The van der Waals surface area contributed by atoms with Gasteiger partial charge in [-0.1, -0.05) is 26.0 Å². The van der Waals surface area contributed by atoms with E-state index in [-0.39, 0.29) is 17.4 Å². The predicted molar refractivity (Wildman–Crippen MR) is 81.9 cm³/mol. The fraction of sp³-hybridized carbons (Fsp3) is 0.500. The van der Waals surface area contributed by atoms with Gasteiger partial charge in [-0.05, 0) is 25.0 Å². The Kier molecular flexibility index (Phi) is 6.64. The van der Waals surface area contributed by atoms with Crippen molar-refractivity contribution in [3.05, 3.63) is 24.3 Å². The molecule has 21 heavy (non-hydrogen) atoms. The predicted octanol–water partition coefficient (Wildman–Crippen LogP) is 2.04. The lowest BCUT2D eigenvalue weighted by Crippen LogP contribution is -2.27. The number of nitrogens with one attached hydrogen (secondary N) is 2. The van der Waals surface area contributed by atoms with Crippen molar-refractivity contribution in [1.29, 1.82) is 0 Å². The first-order chi connectivity index (χ1) is 9.90. The largest absolute Gasteiger partial charge is 0.481 e. The first-order valence-electron chi connectivity index (χ1n) is 6.97. The van der Waals surface area contributed by atoms with Crippen LogP contribution >= 0.6 is 0 Å². The van der Waals surface area contributed by atoms with Gasteiger partial charge in [0.05, 0.1) is 12.1 Å². The molecule has 0 aliphatic rings. The molecule has 0 bridgehead atoms. The van der Waals surface area contributed by atoms with Crippen LogP contribution in [-0.2, 0) is 14.8 Å². The van der Waals surface area contributed by atoms with Crippen molar-refractivity contribution in [1.82, 2.24) is 4.72 Å². The average molecular weight is 314 g/mol. The molecule has 0 heterocycles. The molecule has 6 nitrogen and oxygen atoms in total. The smallest absolute Gasteiger partial charge is 0.305 e. The van der Waals surface area contributed by atoms with Crippen LogP contribution < -0.4 is 10.0 Å².